The van der Waals surface area contributed by atoms with Crippen molar-refractivity contribution in [2.24, 2.45) is 5.73 Å². The van der Waals surface area contributed by atoms with Gasteiger partial charge >= 0.3 is 0 Å². The molecule has 1 heterocycles. The first kappa shape index (κ1) is 15.7. The SMILES string of the molecule is NC(=S)CN1CCC(NC(=O)c2ccc(F)cc2O)CC1. The van der Waals surface area contributed by atoms with E-state index in [4.69, 9.17) is 18.0 Å². The molecule has 0 aromatic heterocycles. The summed E-state index contributed by atoms with van der Waals surface area (Å²) in [4.78, 5) is 14.7. The van der Waals surface area contributed by atoms with Crippen molar-refractivity contribution in [3.05, 3.63) is 29.6 Å². The molecule has 0 saturated carbocycles. The third kappa shape index (κ3) is 4.37. The second kappa shape index (κ2) is 6.82. The fourth-order valence-corrected chi connectivity index (χ4v) is 2.60. The summed E-state index contributed by atoms with van der Waals surface area (Å²) in [6.07, 6.45) is 1.58. The fraction of sp³-hybridized carbons (Fsp3) is 0.429. The van der Waals surface area contributed by atoms with Crippen molar-refractivity contribution in [1.82, 2.24) is 10.2 Å². The van der Waals surface area contributed by atoms with Crippen molar-refractivity contribution in [2.45, 2.75) is 18.9 Å². The predicted molar refractivity (Wildman–Crippen MR) is 81.8 cm³/mol. The zero-order valence-electron chi connectivity index (χ0n) is 11.5. The molecule has 5 nitrogen and oxygen atoms in total. The maximum Gasteiger partial charge on any atom is 0.255 e. The van der Waals surface area contributed by atoms with E-state index in [9.17, 15) is 14.3 Å². The van der Waals surface area contributed by atoms with E-state index >= 15 is 0 Å². The van der Waals surface area contributed by atoms with Crippen LogP contribution in [0.25, 0.3) is 0 Å². The van der Waals surface area contributed by atoms with Crippen LogP contribution < -0.4 is 11.1 Å². The number of halogens is 1. The molecule has 0 bridgehead atoms. The van der Waals surface area contributed by atoms with Crippen LogP contribution in [0.15, 0.2) is 18.2 Å². The highest BCUT2D eigenvalue weighted by Crippen LogP contribution is 2.19. The van der Waals surface area contributed by atoms with Gasteiger partial charge in [0.25, 0.3) is 5.91 Å². The van der Waals surface area contributed by atoms with Gasteiger partial charge in [0.1, 0.15) is 11.6 Å². The number of nitrogens with two attached hydrogens (primary N) is 1. The first-order chi connectivity index (χ1) is 9.95. The zero-order chi connectivity index (χ0) is 15.4. The summed E-state index contributed by atoms with van der Waals surface area (Å²) in [6, 6.07) is 3.39. The zero-order valence-corrected chi connectivity index (χ0v) is 12.3. The average Bonchev–Trinajstić information content (AvgIpc) is 2.40. The highest BCUT2D eigenvalue weighted by molar-refractivity contribution is 7.80. The van der Waals surface area contributed by atoms with Gasteiger partial charge in [0.05, 0.1) is 10.6 Å². The fourth-order valence-electron chi connectivity index (χ4n) is 2.42. The summed E-state index contributed by atoms with van der Waals surface area (Å²) in [6.45, 7) is 2.20. The van der Waals surface area contributed by atoms with Crippen LogP contribution in [0.2, 0.25) is 0 Å². The van der Waals surface area contributed by atoms with Crippen LogP contribution >= 0.6 is 12.2 Å². The molecule has 1 aliphatic heterocycles. The molecular weight excluding hydrogens is 293 g/mol. The number of rotatable bonds is 4. The molecule has 114 valence electrons. The first-order valence-electron chi connectivity index (χ1n) is 6.75. The van der Waals surface area contributed by atoms with Crippen molar-refractivity contribution in [2.75, 3.05) is 19.6 Å². The molecule has 1 aromatic rings. The van der Waals surface area contributed by atoms with Crippen molar-refractivity contribution < 1.29 is 14.3 Å². The van der Waals surface area contributed by atoms with Gasteiger partial charge in [-0.1, -0.05) is 12.2 Å². The van der Waals surface area contributed by atoms with Crippen molar-refractivity contribution in [1.29, 1.82) is 0 Å². The summed E-state index contributed by atoms with van der Waals surface area (Å²) in [5.41, 5.74) is 5.59. The Hall–Kier alpha value is -1.73. The lowest BCUT2D eigenvalue weighted by atomic mass is 10.0. The van der Waals surface area contributed by atoms with Gasteiger partial charge in [0.2, 0.25) is 0 Å². The van der Waals surface area contributed by atoms with Crippen LogP contribution in [0.1, 0.15) is 23.2 Å². The number of likely N-dealkylation sites (tertiary alicyclic amines) is 1. The van der Waals surface area contributed by atoms with Crippen LogP contribution in [-0.4, -0.2) is 46.6 Å². The number of nitrogens with zero attached hydrogens (tertiary/aromatic N) is 1. The minimum atomic E-state index is -0.574. The van der Waals surface area contributed by atoms with E-state index in [1.165, 1.54) is 6.07 Å². The number of thiocarbonyl (C=S) groups is 1. The molecule has 1 amide bonds. The topological polar surface area (TPSA) is 78.6 Å². The maximum absolute atomic E-state index is 12.9. The Labute approximate surface area is 127 Å². The van der Waals surface area contributed by atoms with Crippen molar-refractivity contribution >= 4 is 23.1 Å². The summed E-state index contributed by atoms with van der Waals surface area (Å²) >= 11 is 4.87. The number of aromatic hydroxyl groups is 1. The Morgan fingerprint density at radius 2 is 2.14 bits per heavy atom. The van der Waals surface area contributed by atoms with Gasteiger partial charge in [-0.05, 0) is 25.0 Å². The maximum atomic E-state index is 12.9. The molecule has 1 saturated heterocycles. The number of nitrogens with one attached hydrogen (secondary N) is 1. The molecule has 0 spiro atoms. The van der Waals surface area contributed by atoms with Gasteiger partial charge in [-0.2, -0.15) is 0 Å². The smallest absolute Gasteiger partial charge is 0.255 e. The largest absolute Gasteiger partial charge is 0.507 e. The van der Waals surface area contributed by atoms with Crippen LogP contribution in [0.4, 0.5) is 4.39 Å². The van der Waals surface area contributed by atoms with E-state index in [0.717, 1.165) is 38.1 Å². The van der Waals surface area contributed by atoms with Crippen LogP contribution in [0, 0.1) is 5.82 Å². The number of amides is 1. The van der Waals surface area contributed by atoms with E-state index in [-0.39, 0.29) is 23.3 Å². The number of hydrogen-bond donors (Lipinski definition) is 3. The van der Waals surface area contributed by atoms with Crippen LogP contribution in [-0.2, 0) is 0 Å². The Morgan fingerprint density at radius 3 is 2.71 bits per heavy atom. The molecule has 1 aliphatic rings. The van der Waals surface area contributed by atoms with Gasteiger partial charge < -0.3 is 16.2 Å². The minimum absolute atomic E-state index is 0.0320. The van der Waals surface area contributed by atoms with E-state index in [2.05, 4.69) is 10.2 Å². The Balaban J connectivity index is 1.88. The van der Waals surface area contributed by atoms with Crippen molar-refractivity contribution in [3.63, 3.8) is 0 Å². The number of piperidine rings is 1. The number of carbonyl (C=O) groups is 1. The normalized spacial score (nSPS) is 16.6. The molecule has 0 radical (unpaired) electrons. The van der Waals surface area contributed by atoms with Gasteiger partial charge in [-0.3, -0.25) is 9.69 Å². The standard InChI is InChI=1S/C14H18FN3O2S/c15-9-1-2-11(12(19)7-9)14(20)17-10-3-5-18(6-4-10)8-13(16)21/h1-2,7,10,19H,3-6,8H2,(H2,16,21)(H,17,20). The molecule has 0 atom stereocenters. The summed E-state index contributed by atoms with van der Waals surface area (Å²) < 4.78 is 12.9. The van der Waals surface area contributed by atoms with E-state index < -0.39 is 5.82 Å². The number of benzene rings is 1. The summed E-state index contributed by atoms with van der Waals surface area (Å²) in [5, 5.41) is 12.5. The van der Waals surface area contributed by atoms with Crippen molar-refractivity contribution in [3.8, 4) is 5.75 Å². The van der Waals surface area contributed by atoms with Gasteiger partial charge in [-0.25, -0.2) is 4.39 Å². The van der Waals surface area contributed by atoms with Gasteiger partial charge in [0, 0.05) is 31.7 Å². The molecule has 1 fully saturated rings. The number of phenols is 1. The monoisotopic (exact) mass is 311 g/mol. The molecule has 1 aromatic carbocycles. The molecule has 7 heteroatoms. The Morgan fingerprint density at radius 1 is 1.48 bits per heavy atom. The summed E-state index contributed by atoms with van der Waals surface area (Å²) in [7, 11) is 0. The summed E-state index contributed by atoms with van der Waals surface area (Å²) in [5.74, 6) is -1.31. The second-order valence-corrected chi connectivity index (χ2v) is 5.68. The van der Waals surface area contributed by atoms with Crippen LogP contribution in [0.5, 0.6) is 5.75 Å². The van der Waals surface area contributed by atoms with Gasteiger partial charge in [-0.15, -0.1) is 0 Å². The minimum Gasteiger partial charge on any atom is -0.507 e. The van der Waals surface area contributed by atoms with E-state index in [0.29, 0.717) is 11.5 Å². The Bertz CT molecular complexity index is 545. The highest BCUT2D eigenvalue weighted by Gasteiger charge is 2.22. The number of carbonyl (C=O) groups excluding carboxylic acids is 1. The molecule has 0 aliphatic carbocycles. The van der Waals surface area contributed by atoms with Crippen LogP contribution in [0.3, 0.4) is 0 Å². The quantitative estimate of drug-likeness (QED) is 0.723. The van der Waals surface area contributed by atoms with E-state index in [1.807, 2.05) is 0 Å². The predicted octanol–water partition coefficient (Wildman–Crippen LogP) is 1.01. The third-order valence-corrected chi connectivity index (χ3v) is 3.64. The number of hydrogen-bond acceptors (Lipinski definition) is 4. The lowest BCUT2D eigenvalue weighted by Crippen LogP contribution is -2.46. The molecule has 0 unspecified atom stereocenters. The first-order valence-corrected chi connectivity index (χ1v) is 7.16. The van der Waals surface area contributed by atoms with Gasteiger partial charge in [0.15, 0.2) is 0 Å². The molecular formula is C14H18FN3O2S. The molecule has 2 rings (SSSR count). The van der Waals surface area contributed by atoms with E-state index in [1.54, 1.807) is 0 Å². The number of phenolic OH excluding ortho intramolecular Hbond substituents is 1. The molecule has 4 N–H and O–H groups in total. The lowest BCUT2D eigenvalue weighted by molar-refractivity contribution is 0.0912. The second-order valence-electron chi connectivity index (χ2n) is 5.15. The lowest BCUT2D eigenvalue weighted by Gasteiger charge is -2.32. The average molecular weight is 311 g/mol. The third-order valence-electron chi connectivity index (χ3n) is 3.51. The molecule has 21 heavy (non-hydrogen) atoms. The highest BCUT2D eigenvalue weighted by atomic mass is 32.1. The Kier molecular flexibility index (Phi) is 5.08.